The SMILES string of the molecule is c1ccc2c(c1)Cc1cc3c(cc1-2)-c1ccc2c(nc4c5ccccc5c5ccccc5n24)c1C3. The second kappa shape index (κ2) is 6.17. The van der Waals surface area contributed by atoms with Gasteiger partial charge in [-0.05, 0) is 74.5 Å². The zero-order chi connectivity index (χ0) is 22.7. The molecule has 9 rings (SSSR count). The van der Waals surface area contributed by atoms with Gasteiger partial charge in [0.2, 0.25) is 0 Å². The summed E-state index contributed by atoms with van der Waals surface area (Å²) in [4.78, 5) is 5.33. The van der Waals surface area contributed by atoms with Crippen molar-refractivity contribution in [2.45, 2.75) is 12.8 Å². The molecule has 162 valence electrons. The summed E-state index contributed by atoms with van der Waals surface area (Å²) in [7, 11) is 0. The molecule has 0 amide bonds. The number of hydrogen-bond acceptors (Lipinski definition) is 1. The van der Waals surface area contributed by atoms with E-state index in [0.717, 1.165) is 24.0 Å². The van der Waals surface area contributed by atoms with E-state index < -0.39 is 0 Å². The monoisotopic (exact) mass is 444 g/mol. The van der Waals surface area contributed by atoms with E-state index >= 15 is 0 Å². The van der Waals surface area contributed by atoms with Crippen LogP contribution in [-0.4, -0.2) is 9.38 Å². The lowest BCUT2D eigenvalue weighted by Gasteiger charge is -2.09. The van der Waals surface area contributed by atoms with Gasteiger partial charge in [-0.1, -0.05) is 78.9 Å². The van der Waals surface area contributed by atoms with Crippen molar-refractivity contribution in [1.29, 1.82) is 0 Å². The summed E-state index contributed by atoms with van der Waals surface area (Å²) >= 11 is 0. The quantitative estimate of drug-likeness (QED) is 0.217. The lowest BCUT2D eigenvalue weighted by Crippen LogP contribution is -1.91. The van der Waals surface area contributed by atoms with Crippen LogP contribution < -0.4 is 0 Å². The van der Waals surface area contributed by atoms with Gasteiger partial charge in [0.05, 0.1) is 16.6 Å². The molecule has 2 aliphatic carbocycles. The molecule has 35 heavy (non-hydrogen) atoms. The maximum Gasteiger partial charge on any atom is 0.146 e. The van der Waals surface area contributed by atoms with Crippen molar-refractivity contribution in [1.82, 2.24) is 9.38 Å². The third-order valence-corrected chi connectivity index (χ3v) is 8.21. The molecule has 0 saturated heterocycles. The molecule has 0 aliphatic heterocycles. The number of aromatic nitrogens is 2. The Morgan fingerprint density at radius 3 is 2.20 bits per heavy atom. The number of imidazole rings is 1. The predicted octanol–water partition coefficient (Wildman–Crippen LogP) is 7.94. The number of para-hydroxylation sites is 1. The lowest BCUT2D eigenvalue weighted by atomic mass is 9.98. The van der Waals surface area contributed by atoms with Crippen LogP contribution in [0.2, 0.25) is 0 Å². The highest BCUT2D eigenvalue weighted by Crippen LogP contribution is 2.46. The molecule has 7 aromatic rings. The first-order chi connectivity index (χ1) is 17.3. The predicted molar refractivity (Wildman–Crippen MR) is 144 cm³/mol. The van der Waals surface area contributed by atoms with Gasteiger partial charge in [-0.2, -0.15) is 0 Å². The first-order valence-corrected chi connectivity index (χ1v) is 12.3. The highest BCUT2D eigenvalue weighted by atomic mass is 15.0. The summed E-state index contributed by atoms with van der Waals surface area (Å²) in [5.74, 6) is 0. The minimum atomic E-state index is 0.950. The molecule has 0 radical (unpaired) electrons. The minimum absolute atomic E-state index is 0.950. The van der Waals surface area contributed by atoms with E-state index in [4.69, 9.17) is 4.98 Å². The van der Waals surface area contributed by atoms with Crippen LogP contribution in [0.15, 0.2) is 97.1 Å². The fourth-order valence-electron chi connectivity index (χ4n) is 6.69. The molecular formula is C33H20N2. The van der Waals surface area contributed by atoms with E-state index in [-0.39, 0.29) is 0 Å². The fraction of sp³-hybridized carbons (Fsp3) is 0.0606. The average molecular weight is 445 g/mol. The second-order valence-corrected chi connectivity index (χ2v) is 9.97. The van der Waals surface area contributed by atoms with Crippen molar-refractivity contribution < 1.29 is 0 Å². The van der Waals surface area contributed by atoms with Crippen LogP contribution in [0.25, 0.3) is 60.6 Å². The lowest BCUT2D eigenvalue weighted by molar-refractivity contribution is 1.22. The Bertz CT molecular complexity index is 2060. The van der Waals surface area contributed by atoms with Gasteiger partial charge in [0.25, 0.3) is 0 Å². The molecule has 0 unspecified atom stereocenters. The van der Waals surface area contributed by atoms with Crippen molar-refractivity contribution in [3.8, 4) is 22.3 Å². The molecule has 2 heteroatoms. The largest absolute Gasteiger partial charge is 0.292 e. The third kappa shape index (κ3) is 2.18. The van der Waals surface area contributed by atoms with Gasteiger partial charge in [0, 0.05) is 17.2 Å². The van der Waals surface area contributed by atoms with Crippen LogP contribution in [0, 0.1) is 0 Å². The number of fused-ring (bicyclic) bond motifs is 15. The molecule has 0 atom stereocenters. The van der Waals surface area contributed by atoms with Gasteiger partial charge >= 0.3 is 0 Å². The fourth-order valence-corrected chi connectivity index (χ4v) is 6.69. The Labute approximate surface area is 202 Å². The van der Waals surface area contributed by atoms with Crippen LogP contribution in [-0.2, 0) is 12.8 Å². The van der Waals surface area contributed by atoms with Gasteiger partial charge in [-0.25, -0.2) is 4.98 Å². The summed E-state index contributed by atoms with van der Waals surface area (Å²) in [6.45, 7) is 0. The number of benzene rings is 5. The normalized spacial score (nSPS) is 13.5. The van der Waals surface area contributed by atoms with Crippen molar-refractivity contribution in [2.24, 2.45) is 0 Å². The highest BCUT2D eigenvalue weighted by Gasteiger charge is 2.27. The van der Waals surface area contributed by atoms with E-state index in [1.165, 1.54) is 71.7 Å². The highest BCUT2D eigenvalue weighted by molar-refractivity contribution is 6.14. The van der Waals surface area contributed by atoms with Crippen LogP contribution in [0.3, 0.4) is 0 Å². The van der Waals surface area contributed by atoms with E-state index in [9.17, 15) is 0 Å². The van der Waals surface area contributed by atoms with Crippen LogP contribution >= 0.6 is 0 Å². The molecule has 2 aromatic heterocycles. The number of nitrogens with zero attached hydrogens (tertiary/aromatic N) is 2. The molecule has 0 saturated carbocycles. The Morgan fingerprint density at radius 1 is 0.514 bits per heavy atom. The zero-order valence-corrected chi connectivity index (χ0v) is 19.0. The first-order valence-electron chi connectivity index (χ1n) is 12.3. The van der Waals surface area contributed by atoms with Gasteiger partial charge in [0.1, 0.15) is 5.65 Å². The van der Waals surface area contributed by atoms with E-state index in [0.29, 0.717) is 0 Å². The molecule has 2 nitrogen and oxygen atoms in total. The molecule has 0 fully saturated rings. The third-order valence-electron chi connectivity index (χ3n) is 8.21. The van der Waals surface area contributed by atoms with Crippen LogP contribution in [0.4, 0.5) is 0 Å². The number of hydrogen-bond donors (Lipinski definition) is 0. The second-order valence-electron chi connectivity index (χ2n) is 9.97. The van der Waals surface area contributed by atoms with Gasteiger partial charge in [-0.15, -0.1) is 0 Å². The van der Waals surface area contributed by atoms with Crippen molar-refractivity contribution in [2.75, 3.05) is 0 Å². The molecule has 2 aliphatic rings. The first kappa shape index (κ1) is 18.0. The summed E-state index contributed by atoms with van der Waals surface area (Å²) in [6, 6.07) is 35.7. The molecule has 0 spiro atoms. The molecule has 0 N–H and O–H groups in total. The Hall–Kier alpha value is -4.43. The van der Waals surface area contributed by atoms with E-state index in [2.05, 4.69) is 101 Å². The summed E-state index contributed by atoms with van der Waals surface area (Å²) in [6.07, 6.45) is 1.99. The van der Waals surface area contributed by atoms with E-state index in [1.54, 1.807) is 0 Å². The smallest absolute Gasteiger partial charge is 0.146 e. The number of pyridine rings is 1. The van der Waals surface area contributed by atoms with Crippen molar-refractivity contribution in [3.05, 3.63) is 119 Å². The number of rotatable bonds is 0. The van der Waals surface area contributed by atoms with Gasteiger partial charge in [0.15, 0.2) is 0 Å². The van der Waals surface area contributed by atoms with E-state index in [1.807, 2.05) is 0 Å². The van der Waals surface area contributed by atoms with Gasteiger partial charge in [-0.3, -0.25) is 4.40 Å². The maximum atomic E-state index is 5.33. The summed E-state index contributed by atoms with van der Waals surface area (Å²) in [5, 5.41) is 3.75. The minimum Gasteiger partial charge on any atom is -0.292 e. The molecule has 5 aromatic carbocycles. The Kier molecular flexibility index (Phi) is 3.16. The van der Waals surface area contributed by atoms with Gasteiger partial charge < -0.3 is 0 Å². The topological polar surface area (TPSA) is 17.3 Å². The van der Waals surface area contributed by atoms with Crippen molar-refractivity contribution in [3.63, 3.8) is 0 Å². The summed E-state index contributed by atoms with van der Waals surface area (Å²) < 4.78 is 2.37. The van der Waals surface area contributed by atoms with Crippen molar-refractivity contribution >= 4 is 38.4 Å². The van der Waals surface area contributed by atoms with Crippen LogP contribution in [0.5, 0.6) is 0 Å². The Balaban J connectivity index is 1.36. The zero-order valence-electron chi connectivity index (χ0n) is 19.0. The average Bonchev–Trinajstić information content (AvgIpc) is 3.58. The summed E-state index contributed by atoms with van der Waals surface area (Å²) in [5.41, 5.74) is 15.8. The van der Waals surface area contributed by atoms with Crippen LogP contribution in [0.1, 0.15) is 22.3 Å². The molecule has 2 heterocycles. The standard InChI is InChI=1S/C33H20N2/c1-2-8-22-19(7-1)15-20-16-21-17-29-24(28(21)18-27(20)22)13-14-31-32(29)34-33-26-11-4-3-9-23(26)25-10-5-6-12-30(25)35(31)33/h1-14,16,18H,15,17H2. The molecular weight excluding hydrogens is 424 g/mol. The maximum absolute atomic E-state index is 5.33. The molecule has 0 bridgehead atoms. The Morgan fingerprint density at radius 2 is 1.26 bits per heavy atom.